The summed E-state index contributed by atoms with van der Waals surface area (Å²) in [4.78, 5) is 0. The summed E-state index contributed by atoms with van der Waals surface area (Å²) in [6.07, 6.45) is -1.01. The quantitative estimate of drug-likeness (QED) is 0.585. The van der Waals surface area contributed by atoms with E-state index >= 15 is 0 Å². The minimum absolute atomic E-state index is 0.0101. The van der Waals surface area contributed by atoms with Gasteiger partial charge in [-0.25, -0.2) is 0 Å². The molecule has 12 heavy (non-hydrogen) atoms. The molecule has 5 atom stereocenters. The van der Waals surface area contributed by atoms with Crippen LogP contribution in [-0.2, 0) is 14.2 Å². The number of aliphatic hydroxyl groups excluding tert-OH is 1. The molecule has 2 heterocycles. The maximum Gasteiger partial charge on any atom is 0.115 e. The first-order valence-corrected chi connectivity index (χ1v) is 4.22. The highest BCUT2D eigenvalue weighted by Crippen LogP contribution is 2.30. The van der Waals surface area contributed by atoms with Crippen LogP contribution in [0.5, 0.6) is 0 Å². The Labute approximate surface area is 71.4 Å². The van der Waals surface area contributed by atoms with Crippen molar-refractivity contribution in [2.24, 2.45) is 0 Å². The number of hydrogen-bond donors (Lipinski definition) is 1. The Bertz CT molecular complexity index is 172. The molecule has 2 rings (SSSR count). The van der Waals surface area contributed by atoms with Gasteiger partial charge in [-0.1, -0.05) is 0 Å². The van der Waals surface area contributed by atoms with E-state index in [1.54, 1.807) is 7.11 Å². The third-order valence-corrected chi connectivity index (χ3v) is 2.62. The van der Waals surface area contributed by atoms with Gasteiger partial charge in [0.25, 0.3) is 0 Å². The zero-order chi connectivity index (χ0) is 8.72. The van der Waals surface area contributed by atoms with Crippen molar-refractivity contribution in [2.45, 2.75) is 37.4 Å². The first kappa shape index (κ1) is 8.44. The van der Waals surface area contributed by atoms with E-state index in [2.05, 4.69) is 0 Å². The molecule has 2 saturated heterocycles. The van der Waals surface area contributed by atoms with Crippen molar-refractivity contribution in [2.75, 3.05) is 13.7 Å². The lowest BCUT2D eigenvalue weighted by Crippen LogP contribution is -2.52. The number of rotatable bonds is 1. The summed E-state index contributed by atoms with van der Waals surface area (Å²) in [6, 6.07) is 0. The molecular formula is C8H14O4. The van der Waals surface area contributed by atoms with Crippen molar-refractivity contribution in [3.05, 3.63) is 0 Å². The molecule has 2 aliphatic heterocycles. The van der Waals surface area contributed by atoms with Gasteiger partial charge in [0.15, 0.2) is 0 Å². The van der Waals surface area contributed by atoms with Crippen LogP contribution in [0.4, 0.5) is 0 Å². The summed E-state index contributed by atoms with van der Waals surface area (Å²) < 4.78 is 16.0. The smallest absolute Gasteiger partial charge is 0.115 e. The van der Waals surface area contributed by atoms with Gasteiger partial charge in [0.05, 0.1) is 12.7 Å². The van der Waals surface area contributed by atoms with Gasteiger partial charge in [-0.15, -0.1) is 0 Å². The molecule has 0 aromatic heterocycles. The van der Waals surface area contributed by atoms with Crippen molar-refractivity contribution < 1.29 is 19.3 Å². The molecule has 4 heteroatoms. The van der Waals surface area contributed by atoms with Crippen molar-refractivity contribution >= 4 is 0 Å². The predicted octanol–water partition coefficient (Wildman–Crippen LogP) is -0.452. The van der Waals surface area contributed by atoms with Crippen molar-refractivity contribution in [3.63, 3.8) is 0 Å². The summed E-state index contributed by atoms with van der Waals surface area (Å²) in [7, 11) is 1.61. The molecule has 2 bridgehead atoms. The number of methoxy groups -OCH3 is 1. The topological polar surface area (TPSA) is 47.9 Å². The molecule has 0 spiro atoms. The normalized spacial score (nSPS) is 52.8. The minimum atomic E-state index is -0.522. The Kier molecular flexibility index (Phi) is 2.08. The highest BCUT2D eigenvalue weighted by molar-refractivity contribution is 4.96. The summed E-state index contributed by atoms with van der Waals surface area (Å²) in [5, 5.41) is 9.60. The molecule has 2 fully saturated rings. The Morgan fingerprint density at radius 2 is 2.25 bits per heavy atom. The Balaban J connectivity index is 2.14. The van der Waals surface area contributed by atoms with Gasteiger partial charge in [0.2, 0.25) is 0 Å². The highest BCUT2D eigenvalue weighted by atomic mass is 16.6. The van der Waals surface area contributed by atoms with Gasteiger partial charge in [-0.05, 0) is 6.92 Å². The fourth-order valence-corrected chi connectivity index (χ4v) is 1.97. The van der Waals surface area contributed by atoms with Crippen LogP contribution in [0.2, 0.25) is 0 Å². The number of ether oxygens (including phenoxy) is 3. The summed E-state index contributed by atoms with van der Waals surface area (Å²) in [5.41, 5.74) is 0. The van der Waals surface area contributed by atoms with Crippen LogP contribution in [0.3, 0.4) is 0 Å². The number of aliphatic hydroxyl groups is 1. The molecular weight excluding hydrogens is 160 g/mol. The van der Waals surface area contributed by atoms with Gasteiger partial charge in [0.1, 0.15) is 24.4 Å². The molecule has 5 unspecified atom stereocenters. The predicted molar refractivity (Wildman–Crippen MR) is 40.9 cm³/mol. The van der Waals surface area contributed by atoms with Gasteiger partial charge in [-0.2, -0.15) is 0 Å². The van der Waals surface area contributed by atoms with Gasteiger partial charge in [0, 0.05) is 7.11 Å². The lowest BCUT2D eigenvalue weighted by atomic mass is 9.98. The van der Waals surface area contributed by atoms with E-state index in [9.17, 15) is 5.11 Å². The second kappa shape index (κ2) is 2.96. The van der Waals surface area contributed by atoms with E-state index in [-0.39, 0.29) is 24.4 Å². The summed E-state index contributed by atoms with van der Waals surface area (Å²) in [5.74, 6) is 0. The van der Waals surface area contributed by atoms with E-state index in [4.69, 9.17) is 14.2 Å². The van der Waals surface area contributed by atoms with Crippen LogP contribution in [-0.4, -0.2) is 49.3 Å². The monoisotopic (exact) mass is 174 g/mol. The number of fused-ring (bicyclic) bond motifs is 2. The number of hydrogen-bond acceptors (Lipinski definition) is 4. The van der Waals surface area contributed by atoms with E-state index in [1.807, 2.05) is 6.92 Å². The largest absolute Gasteiger partial charge is 0.387 e. The second-order valence-corrected chi connectivity index (χ2v) is 3.37. The van der Waals surface area contributed by atoms with Crippen LogP contribution in [0, 0.1) is 0 Å². The maximum absolute atomic E-state index is 9.60. The zero-order valence-electron chi connectivity index (χ0n) is 7.27. The van der Waals surface area contributed by atoms with E-state index in [0.717, 1.165) is 0 Å². The second-order valence-electron chi connectivity index (χ2n) is 3.37. The molecule has 1 N–H and O–H groups in total. The molecule has 0 aromatic rings. The lowest BCUT2D eigenvalue weighted by molar-refractivity contribution is -0.172. The zero-order valence-corrected chi connectivity index (χ0v) is 7.27. The third kappa shape index (κ3) is 1.07. The summed E-state index contributed by atoms with van der Waals surface area (Å²) >= 11 is 0. The maximum atomic E-state index is 9.60. The third-order valence-electron chi connectivity index (χ3n) is 2.62. The van der Waals surface area contributed by atoms with Crippen LogP contribution in [0.1, 0.15) is 6.92 Å². The van der Waals surface area contributed by atoms with E-state index in [0.29, 0.717) is 6.61 Å². The molecule has 2 aliphatic rings. The SMILES string of the molecule is COC1C(C)OC2COC1C2O. The van der Waals surface area contributed by atoms with Crippen LogP contribution < -0.4 is 0 Å². The minimum Gasteiger partial charge on any atom is -0.387 e. The highest BCUT2D eigenvalue weighted by Gasteiger charge is 2.49. The van der Waals surface area contributed by atoms with E-state index in [1.165, 1.54) is 0 Å². The Morgan fingerprint density at radius 3 is 2.92 bits per heavy atom. The fourth-order valence-electron chi connectivity index (χ4n) is 1.97. The lowest BCUT2D eigenvalue weighted by Gasteiger charge is -2.35. The van der Waals surface area contributed by atoms with Gasteiger partial charge < -0.3 is 19.3 Å². The summed E-state index contributed by atoms with van der Waals surface area (Å²) in [6.45, 7) is 2.42. The van der Waals surface area contributed by atoms with Crippen LogP contribution in [0.15, 0.2) is 0 Å². The first-order valence-electron chi connectivity index (χ1n) is 4.22. The standard InChI is InChI=1S/C8H14O4/c1-4-7(10-2)8-6(9)5(12-4)3-11-8/h4-9H,3H2,1-2H3. The molecule has 0 amide bonds. The Morgan fingerprint density at radius 1 is 1.50 bits per heavy atom. The van der Waals surface area contributed by atoms with E-state index < -0.39 is 6.10 Å². The molecule has 0 aromatic carbocycles. The molecule has 0 radical (unpaired) electrons. The fraction of sp³-hybridized carbons (Fsp3) is 1.00. The average Bonchev–Trinajstić information content (AvgIpc) is 2.34. The van der Waals surface area contributed by atoms with Crippen molar-refractivity contribution in [1.29, 1.82) is 0 Å². The molecule has 4 nitrogen and oxygen atoms in total. The molecule has 70 valence electrons. The average molecular weight is 174 g/mol. The van der Waals surface area contributed by atoms with Gasteiger partial charge >= 0.3 is 0 Å². The van der Waals surface area contributed by atoms with Crippen LogP contribution >= 0.6 is 0 Å². The molecule has 0 aliphatic carbocycles. The Hall–Kier alpha value is -0.160. The van der Waals surface area contributed by atoms with Crippen molar-refractivity contribution in [1.82, 2.24) is 0 Å². The van der Waals surface area contributed by atoms with Crippen molar-refractivity contribution in [3.8, 4) is 0 Å². The van der Waals surface area contributed by atoms with Crippen LogP contribution in [0.25, 0.3) is 0 Å². The molecule has 0 saturated carbocycles. The first-order chi connectivity index (χ1) is 5.74. The van der Waals surface area contributed by atoms with Gasteiger partial charge in [-0.3, -0.25) is 0 Å².